The zero-order valence-corrected chi connectivity index (χ0v) is 15.4. The molecule has 0 radical (unpaired) electrons. The van der Waals surface area contributed by atoms with E-state index in [0.717, 1.165) is 29.9 Å². The SMILES string of the molecule is CCOc1ccc(OCc2cccc(C(=O)NC3CCCCC3)c2)cc1. The number of carbonyl (C=O) groups excluding carboxylic acids is 1. The van der Waals surface area contributed by atoms with Gasteiger partial charge in [0.25, 0.3) is 5.91 Å². The lowest BCUT2D eigenvalue weighted by molar-refractivity contribution is 0.0927. The molecular formula is C22H27NO3. The van der Waals surface area contributed by atoms with Crippen LogP contribution in [-0.4, -0.2) is 18.6 Å². The molecule has 0 saturated heterocycles. The van der Waals surface area contributed by atoms with E-state index in [2.05, 4.69) is 5.32 Å². The lowest BCUT2D eigenvalue weighted by Crippen LogP contribution is -2.36. The number of hydrogen-bond donors (Lipinski definition) is 1. The predicted octanol–water partition coefficient (Wildman–Crippen LogP) is 4.73. The molecular weight excluding hydrogens is 326 g/mol. The van der Waals surface area contributed by atoms with E-state index in [1.807, 2.05) is 55.5 Å². The molecule has 4 nitrogen and oxygen atoms in total. The standard InChI is InChI=1S/C22H27NO3/c1-2-25-20-11-13-21(14-12-20)26-16-17-7-6-8-18(15-17)22(24)23-19-9-4-3-5-10-19/h6-8,11-15,19H,2-5,9-10,16H2,1H3,(H,23,24). The molecule has 1 aliphatic rings. The second-order valence-electron chi connectivity index (χ2n) is 6.70. The molecule has 3 rings (SSSR count). The van der Waals surface area contributed by atoms with Gasteiger partial charge in [0.15, 0.2) is 0 Å². The Morgan fingerprint density at radius 1 is 1.00 bits per heavy atom. The van der Waals surface area contributed by atoms with Crippen LogP contribution in [0.3, 0.4) is 0 Å². The van der Waals surface area contributed by atoms with E-state index in [-0.39, 0.29) is 5.91 Å². The van der Waals surface area contributed by atoms with Gasteiger partial charge in [0.2, 0.25) is 0 Å². The van der Waals surface area contributed by atoms with Crippen LogP contribution >= 0.6 is 0 Å². The Bertz CT molecular complexity index is 706. The van der Waals surface area contributed by atoms with E-state index >= 15 is 0 Å². The Hall–Kier alpha value is -2.49. The maximum absolute atomic E-state index is 12.5. The summed E-state index contributed by atoms with van der Waals surface area (Å²) in [5.74, 6) is 1.63. The highest BCUT2D eigenvalue weighted by Crippen LogP contribution is 2.20. The summed E-state index contributed by atoms with van der Waals surface area (Å²) in [6.45, 7) is 3.04. The van der Waals surface area contributed by atoms with Crippen LogP contribution in [-0.2, 0) is 6.61 Å². The Morgan fingerprint density at radius 2 is 1.69 bits per heavy atom. The zero-order valence-electron chi connectivity index (χ0n) is 15.4. The van der Waals surface area contributed by atoms with Crippen molar-refractivity contribution < 1.29 is 14.3 Å². The number of benzene rings is 2. The van der Waals surface area contributed by atoms with Gasteiger partial charge in [0, 0.05) is 11.6 Å². The first kappa shape index (κ1) is 18.3. The topological polar surface area (TPSA) is 47.6 Å². The molecule has 0 heterocycles. The summed E-state index contributed by atoms with van der Waals surface area (Å²) >= 11 is 0. The molecule has 0 aromatic heterocycles. The summed E-state index contributed by atoms with van der Waals surface area (Å²) in [6.07, 6.45) is 5.88. The third-order valence-electron chi connectivity index (χ3n) is 4.67. The van der Waals surface area contributed by atoms with Gasteiger partial charge < -0.3 is 14.8 Å². The summed E-state index contributed by atoms with van der Waals surface area (Å²) in [6, 6.07) is 15.6. The van der Waals surface area contributed by atoms with Crippen LogP contribution in [0.1, 0.15) is 54.9 Å². The fourth-order valence-electron chi connectivity index (χ4n) is 3.28. The Kier molecular flexibility index (Phi) is 6.53. The van der Waals surface area contributed by atoms with Crippen molar-refractivity contribution in [2.75, 3.05) is 6.61 Å². The van der Waals surface area contributed by atoms with Crippen molar-refractivity contribution in [3.63, 3.8) is 0 Å². The van der Waals surface area contributed by atoms with Gasteiger partial charge in [0.1, 0.15) is 18.1 Å². The van der Waals surface area contributed by atoms with Crippen LogP contribution in [0.15, 0.2) is 48.5 Å². The van der Waals surface area contributed by atoms with Gasteiger partial charge in [-0.25, -0.2) is 0 Å². The summed E-state index contributed by atoms with van der Waals surface area (Å²) in [7, 11) is 0. The molecule has 0 spiro atoms. The molecule has 2 aromatic rings. The fourth-order valence-corrected chi connectivity index (χ4v) is 3.28. The Morgan fingerprint density at radius 3 is 2.38 bits per heavy atom. The van der Waals surface area contributed by atoms with E-state index < -0.39 is 0 Å². The lowest BCUT2D eigenvalue weighted by Gasteiger charge is -2.22. The second kappa shape index (κ2) is 9.27. The number of hydrogen-bond acceptors (Lipinski definition) is 3. The highest BCUT2D eigenvalue weighted by molar-refractivity contribution is 5.94. The van der Waals surface area contributed by atoms with Crippen LogP contribution < -0.4 is 14.8 Å². The Balaban J connectivity index is 1.55. The van der Waals surface area contributed by atoms with Gasteiger partial charge >= 0.3 is 0 Å². The molecule has 0 atom stereocenters. The highest BCUT2D eigenvalue weighted by atomic mass is 16.5. The van der Waals surface area contributed by atoms with Gasteiger partial charge in [-0.1, -0.05) is 31.4 Å². The molecule has 1 aliphatic carbocycles. The van der Waals surface area contributed by atoms with E-state index in [1.165, 1.54) is 19.3 Å². The second-order valence-corrected chi connectivity index (χ2v) is 6.70. The number of carbonyl (C=O) groups is 1. The molecule has 2 aromatic carbocycles. The largest absolute Gasteiger partial charge is 0.494 e. The quantitative estimate of drug-likeness (QED) is 0.783. The van der Waals surface area contributed by atoms with E-state index in [1.54, 1.807) is 0 Å². The first-order chi connectivity index (χ1) is 12.7. The van der Waals surface area contributed by atoms with Crippen LogP contribution in [0.4, 0.5) is 0 Å². The molecule has 1 N–H and O–H groups in total. The fraction of sp³-hybridized carbons (Fsp3) is 0.409. The normalized spacial score (nSPS) is 14.7. The van der Waals surface area contributed by atoms with Crippen molar-refractivity contribution >= 4 is 5.91 Å². The maximum atomic E-state index is 12.5. The average molecular weight is 353 g/mol. The lowest BCUT2D eigenvalue weighted by atomic mass is 9.95. The van der Waals surface area contributed by atoms with Crippen LogP contribution in [0.2, 0.25) is 0 Å². The molecule has 1 saturated carbocycles. The summed E-state index contributed by atoms with van der Waals surface area (Å²) < 4.78 is 11.3. The maximum Gasteiger partial charge on any atom is 0.251 e. The summed E-state index contributed by atoms with van der Waals surface area (Å²) in [5, 5.41) is 3.16. The Labute approximate surface area is 155 Å². The molecule has 1 amide bonds. The van der Waals surface area contributed by atoms with E-state index in [4.69, 9.17) is 9.47 Å². The molecule has 0 aliphatic heterocycles. The van der Waals surface area contributed by atoms with Gasteiger partial charge in [0.05, 0.1) is 6.61 Å². The molecule has 26 heavy (non-hydrogen) atoms. The minimum absolute atomic E-state index is 0.0137. The smallest absolute Gasteiger partial charge is 0.251 e. The molecule has 0 bridgehead atoms. The molecule has 1 fully saturated rings. The minimum atomic E-state index is 0.0137. The average Bonchev–Trinajstić information content (AvgIpc) is 2.69. The highest BCUT2D eigenvalue weighted by Gasteiger charge is 2.16. The van der Waals surface area contributed by atoms with Crippen molar-refractivity contribution in [2.24, 2.45) is 0 Å². The predicted molar refractivity (Wildman–Crippen MR) is 103 cm³/mol. The van der Waals surface area contributed by atoms with E-state index in [9.17, 15) is 4.79 Å². The van der Waals surface area contributed by atoms with Gasteiger partial charge in [-0.2, -0.15) is 0 Å². The number of nitrogens with one attached hydrogen (secondary N) is 1. The summed E-state index contributed by atoms with van der Waals surface area (Å²) in [4.78, 5) is 12.5. The number of rotatable bonds is 7. The summed E-state index contributed by atoms with van der Waals surface area (Å²) in [5.41, 5.74) is 1.68. The van der Waals surface area contributed by atoms with Crippen molar-refractivity contribution in [2.45, 2.75) is 51.7 Å². The van der Waals surface area contributed by atoms with Gasteiger partial charge in [-0.15, -0.1) is 0 Å². The number of amides is 1. The van der Waals surface area contributed by atoms with Crippen LogP contribution in [0.25, 0.3) is 0 Å². The molecule has 4 heteroatoms. The molecule has 0 unspecified atom stereocenters. The van der Waals surface area contributed by atoms with Crippen LogP contribution in [0.5, 0.6) is 11.5 Å². The number of ether oxygens (including phenoxy) is 2. The first-order valence-electron chi connectivity index (χ1n) is 9.50. The van der Waals surface area contributed by atoms with Crippen molar-refractivity contribution in [3.8, 4) is 11.5 Å². The van der Waals surface area contributed by atoms with Gasteiger partial charge in [-0.05, 0) is 61.7 Å². The first-order valence-corrected chi connectivity index (χ1v) is 9.50. The minimum Gasteiger partial charge on any atom is -0.494 e. The third-order valence-corrected chi connectivity index (χ3v) is 4.67. The van der Waals surface area contributed by atoms with E-state index in [0.29, 0.717) is 24.8 Å². The van der Waals surface area contributed by atoms with Crippen molar-refractivity contribution in [3.05, 3.63) is 59.7 Å². The monoisotopic (exact) mass is 353 g/mol. The van der Waals surface area contributed by atoms with Crippen LogP contribution in [0, 0.1) is 0 Å². The van der Waals surface area contributed by atoms with Gasteiger partial charge in [-0.3, -0.25) is 4.79 Å². The zero-order chi connectivity index (χ0) is 18.2. The van der Waals surface area contributed by atoms with Crippen molar-refractivity contribution in [1.82, 2.24) is 5.32 Å². The third kappa shape index (κ3) is 5.25. The van der Waals surface area contributed by atoms with Crippen molar-refractivity contribution in [1.29, 1.82) is 0 Å². The molecule has 138 valence electrons.